The monoisotopic (exact) mass is 341 g/mol. The normalized spacial score (nSPS) is 15.0. The predicted molar refractivity (Wildman–Crippen MR) is 91.4 cm³/mol. The first-order chi connectivity index (χ1) is 11.7. The van der Waals surface area contributed by atoms with Crippen molar-refractivity contribution < 1.29 is 0 Å². The van der Waals surface area contributed by atoms with Gasteiger partial charge in [-0.15, -0.1) is 21.5 Å². The first kappa shape index (κ1) is 15.3. The Hall–Kier alpha value is -2.19. The molecular formula is C16H19N7S. The van der Waals surface area contributed by atoms with Crippen LogP contribution in [0.2, 0.25) is 0 Å². The fraction of sp³-hybridized carbons (Fsp3) is 0.438. The summed E-state index contributed by atoms with van der Waals surface area (Å²) in [5, 5.41) is 11.7. The van der Waals surface area contributed by atoms with Gasteiger partial charge in [0.25, 0.3) is 0 Å². The van der Waals surface area contributed by atoms with E-state index in [1.54, 1.807) is 23.7 Å². The third-order valence-corrected chi connectivity index (χ3v) is 4.96. The molecule has 4 heterocycles. The summed E-state index contributed by atoms with van der Waals surface area (Å²) in [7, 11) is 0. The van der Waals surface area contributed by atoms with E-state index in [0.717, 1.165) is 48.5 Å². The van der Waals surface area contributed by atoms with Crippen LogP contribution in [0.4, 0.5) is 0 Å². The molecule has 0 unspecified atom stereocenters. The summed E-state index contributed by atoms with van der Waals surface area (Å²) in [5.74, 6) is 3.23. The average molecular weight is 341 g/mol. The Morgan fingerprint density at radius 2 is 2.00 bits per heavy atom. The van der Waals surface area contributed by atoms with Gasteiger partial charge in [-0.05, 0) is 6.07 Å². The van der Waals surface area contributed by atoms with Crippen LogP contribution in [0.25, 0.3) is 10.8 Å². The molecule has 0 amide bonds. The molecule has 0 saturated heterocycles. The molecule has 1 aliphatic heterocycles. The fourth-order valence-electron chi connectivity index (χ4n) is 2.91. The van der Waals surface area contributed by atoms with Crippen molar-refractivity contribution in [3.8, 4) is 10.8 Å². The topological polar surface area (TPSA) is 72.6 Å². The molecule has 0 N–H and O–H groups in total. The van der Waals surface area contributed by atoms with E-state index in [4.69, 9.17) is 0 Å². The average Bonchev–Trinajstić information content (AvgIpc) is 3.22. The van der Waals surface area contributed by atoms with Crippen molar-refractivity contribution in [1.82, 2.24) is 34.6 Å². The Balaban J connectivity index is 1.46. The summed E-state index contributed by atoms with van der Waals surface area (Å²) in [6, 6.07) is 1.81. The van der Waals surface area contributed by atoms with Crippen LogP contribution in [-0.4, -0.2) is 41.2 Å². The maximum absolute atomic E-state index is 4.67. The summed E-state index contributed by atoms with van der Waals surface area (Å²) in [6.07, 6.45) is 3.49. The highest BCUT2D eigenvalue weighted by Gasteiger charge is 2.23. The molecule has 0 fully saturated rings. The largest absolute Gasteiger partial charge is 0.312 e. The zero-order valence-corrected chi connectivity index (χ0v) is 14.6. The van der Waals surface area contributed by atoms with Gasteiger partial charge in [-0.25, -0.2) is 15.0 Å². The number of thiazole rings is 1. The van der Waals surface area contributed by atoms with E-state index < -0.39 is 0 Å². The lowest BCUT2D eigenvalue weighted by atomic mass is 10.2. The van der Waals surface area contributed by atoms with Crippen molar-refractivity contribution in [1.29, 1.82) is 0 Å². The molecule has 8 heteroatoms. The number of rotatable bonds is 4. The molecule has 3 aromatic heterocycles. The van der Waals surface area contributed by atoms with Crippen molar-refractivity contribution in [2.45, 2.75) is 39.4 Å². The lowest BCUT2D eigenvalue weighted by Gasteiger charge is -2.27. The standard InChI is InChI=1S/C16H19N7S/c1-11(2)15-21-20-13-9-22(6-7-23(13)15)8-12-10-24-16(19-12)14-17-4-3-5-18-14/h3-5,10-11H,6-9H2,1-2H3. The third kappa shape index (κ3) is 2.94. The quantitative estimate of drug-likeness (QED) is 0.725. The molecule has 0 spiro atoms. The van der Waals surface area contributed by atoms with Crippen molar-refractivity contribution in [3.05, 3.63) is 41.2 Å². The highest BCUT2D eigenvalue weighted by atomic mass is 32.1. The Morgan fingerprint density at radius 1 is 1.17 bits per heavy atom. The lowest BCUT2D eigenvalue weighted by Crippen LogP contribution is -2.34. The third-order valence-electron chi connectivity index (χ3n) is 4.07. The lowest BCUT2D eigenvalue weighted by molar-refractivity contribution is 0.205. The van der Waals surface area contributed by atoms with Crippen molar-refractivity contribution >= 4 is 11.3 Å². The minimum Gasteiger partial charge on any atom is -0.312 e. The maximum atomic E-state index is 4.67. The minimum atomic E-state index is 0.407. The number of nitrogens with zero attached hydrogens (tertiary/aromatic N) is 7. The van der Waals surface area contributed by atoms with Crippen LogP contribution in [0, 0.1) is 0 Å². The van der Waals surface area contributed by atoms with Crippen LogP contribution >= 0.6 is 11.3 Å². The van der Waals surface area contributed by atoms with Gasteiger partial charge in [0.05, 0.1) is 12.2 Å². The molecule has 0 radical (unpaired) electrons. The molecule has 124 valence electrons. The molecule has 0 aliphatic carbocycles. The van der Waals surface area contributed by atoms with Crippen molar-refractivity contribution in [2.75, 3.05) is 6.54 Å². The van der Waals surface area contributed by atoms with Gasteiger partial charge in [0.15, 0.2) is 10.8 Å². The van der Waals surface area contributed by atoms with Crippen LogP contribution in [0.1, 0.15) is 37.1 Å². The van der Waals surface area contributed by atoms with Crippen LogP contribution in [-0.2, 0) is 19.6 Å². The van der Waals surface area contributed by atoms with Crippen molar-refractivity contribution in [3.63, 3.8) is 0 Å². The van der Waals surface area contributed by atoms with E-state index in [2.05, 4.69) is 53.8 Å². The Bertz CT molecular complexity index is 824. The van der Waals surface area contributed by atoms with Gasteiger partial charge in [0.2, 0.25) is 0 Å². The van der Waals surface area contributed by atoms with E-state index in [9.17, 15) is 0 Å². The summed E-state index contributed by atoms with van der Waals surface area (Å²) in [4.78, 5) is 15.6. The highest BCUT2D eigenvalue weighted by Crippen LogP contribution is 2.23. The first-order valence-corrected chi connectivity index (χ1v) is 8.95. The number of fused-ring (bicyclic) bond motifs is 1. The molecule has 1 aliphatic rings. The molecule has 7 nitrogen and oxygen atoms in total. The fourth-order valence-corrected chi connectivity index (χ4v) is 3.67. The first-order valence-electron chi connectivity index (χ1n) is 8.07. The zero-order chi connectivity index (χ0) is 16.5. The Kier molecular flexibility index (Phi) is 4.07. The van der Waals surface area contributed by atoms with Crippen LogP contribution in [0.3, 0.4) is 0 Å². The van der Waals surface area contributed by atoms with Gasteiger partial charge < -0.3 is 4.57 Å². The molecule has 0 aromatic carbocycles. The number of aromatic nitrogens is 6. The van der Waals surface area contributed by atoms with Crippen molar-refractivity contribution in [2.24, 2.45) is 0 Å². The Labute approximate surface area is 144 Å². The van der Waals surface area contributed by atoms with Gasteiger partial charge in [0.1, 0.15) is 11.6 Å². The predicted octanol–water partition coefficient (Wildman–Crippen LogP) is 2.33. The van der Waals surface area contributed by atoms with E-state index in [1.165, 1.54) is 0 Å². The van der Waals surface area contributed by atoms with Crippen LogP contribution < -0.4 is 0 Å². The maximum Gasteiger partial charge on any atom is 0.188 e. The molecular weight excluding hydrogens is 322 g/mol. The molecule has 0 saturated carbocycles. The van der Waals surface area contributed by atoms with E-state index in [-0.39, 0.29) is 0 Å². The van der Waals surface area contributed by atoms with E-state index in [0.29, 0.717) is 11.7 Å². The van der Waals surface area contributed by atoms with Crippen LogP contribution in [0.5, 0.6) is 0 Å². The smallest absolute Gasteiger partial charge is 0.188 e. The van der Waals surface area contributed by atoms with Gasteiger partial charge in [-0.1, -0.05) is 13.8 Å². The SMILES string of the molecule is CC(C)c1nnc2n1CCN(Cc1csc(-c3ncccn3)n1)C2. The highest BCUT2D eigenvalue weighted by molar-refractivity contribution is 7.13. The van der Waals surface area contributed by atoms with E-state index >= 15 is 0 Å². The van der Waals surface area contributed by atoms with E-state index in [1.807, 2.05) is 6.07 Å². The molecule has 4 rings (SSSR count). The molecule has 24 heavy (non-hydrogen) atoms. The summed E-state index contributed by atoms with van der Waals surface area (Å²) < 4.78 is 2.26. The molecule has 0 bridgehead atoms. The second-order valence-corrected chi connectivity index (χ2v) is 7.07. The number of hydrogen-bond acceptors (Lipinski definition) is 7. The van der Waals surface area contributed by atoms with Gasteiger partial charge >= 0.3 is 0 Å². The number of hydrogen-bond donors (Lipinski definition) is 0. The van der Waals surface area contributed by atoms with Gasteiger partial charge in [-0.3, -0.25) is 4.90 Å². The minimum absolute atomic E-state index is 0.407. The summed E-state index contributed by atoms with van der Waals surface area (Å²) in [6.45, 7) is 7.87. The second-order valence-electron chi connectivity index (χ2n) is 6.21. The van der Waals surface area contributed by atoms with Crippen LogP contribution in [0.15, 0.2) is 23.8 Å². The Morgan fingerprint density at radius 3 is 2.79 bits per heavy atom. The second kappa shape index (κ2) is 6.37. The zero-order valence-electron chi connectivity index (χ0n) is 13.8. The molecule has 3 aromatic rings. The van der Waals surface area contributed by atoms with Gasteiger partial charge in [0, 0.05) is 43.3 Å². The summed E-state index contributed by atoms with van der Waals surface area (Å²) in [5.41, 5.74) is 1.06. The molecule has 0 atom stereocenters. The summed E-state index contributed by atoms with van der Waals surface area (Å²) >= 11 is 1.59. The van der Waals surface area contributed by atoms with Gasteiger partial charge in [-0.2, -0.15) is 0 Å².